The molecule has 0 saturated carbocycles. The van der Waals surface area contributed by atoms with Crippen molar-refractivity contribution in [2.45, 2.75) is 38.3 Å². The van der Waals surface area contributed by atoms with Gasteiger partial charge in [-0.1, -0.05) is 12.1 Å². The minimum absolute atomic E-state index is 0.447. The minimum Gasteiger partial charge on any atom is -0.495 e. The zero-order valence-electron chi connectivity index (χ0n) is 12.9. The summed E-state index contributed by atoms with van der Waals surface area (Å²) in [6.45, 7) is 5.85. The largest absolute Gasteiger partial charge is 0.495 e. The fourth-order valence-corrected chi connectivity index (χ4v) is 2.82. The summed E-state index contributed by atoms with van der Waals surface area (Å²) in [4.78, 5) is 14.1. The van der Waals surface area contributed by atoms with Crippen molar-refractivity contribution in [3.05, 3.63) is 24.3 Å². The quantitative estimate of drug-likeness (QED) is 0.873. The summed E-state index contributed by atoms with van der Waals surface area (Å²) < 4.78 is 5.31. The number of methoxy groups -OCH3 is 1. The predicted octanol–water partition coefficient (Wildman–Crippen LogP) is 2.43. The highest BCUT2D eigenvalue weighted by atomic mass is 16.5. The van der Waals surface area contributed by atoms with Gasteiger partial charge in [0.05, 0.1) is 12.8 Å². The lowest BCUT2D eigenvalue weighted by atomic mass is 9.86. The molecule has 0 atom stereocenters. The SMILES string of the molecule is COc1ccccc1NC1(C(=O)O)CCN(C(C)C)CC1. The van der Waals surface area contributed by atoms with Crippen LogP contribution in [0, 0.1) is 0 Å². The summed E-state index contributed by atoms with van der Waals surface area (Å²) in [7, 11) is 1.59. The average Bonchev–Trinajstić information content (AvgIpc) is 2.48. The van der Waals surface area contributed by atoms with E-state index in [1.54, 1.807) is 7.11 Å². The highest BCUT2D eigenvalue weighted by molar-refractivity contribution is 5.83. The number of benzene rings is 1. The van der Waals surface area contributed by atoms with Crippen molar-refractivity contribution in [1.82, 2.24) is 4.90 Å². The molecule has 1 aromatic carbocycles. The number of para-hydroxylation sites is 2. The second-order valence-corrected chi connectivity index (χ2v) is 5.84. The van der Waals surface area contributed by atoms with Gasteiger partial charge in [-0.3, -0.25) is 0 Å². The van der Waals surface area contributed by atoms with Crippen molar-refractivity contribution >= 4 is 11.7 Å². The first-order valence-corrected chi connectivity index (χ1v) is 7.37. The number of likely N-dealkylation sites (tertiary alicyclic amines) is 1. The molecule has 1 fully saturated rings. The Labute approximate surface area is 125 Å². The molecule has 0 radical (unpaired) electrons. The van der Waals surface area contributed by atoms with Gasteiger partial charge in [0.1, 0.15) is 11.3 Å². The number of anilines is 1. The van der Waals surface area contributed by atoms with Crippen LogP contribution in [0.5, 0.6) is 5.75 Å². The van der Waals surface area contributed by atoms with E-state index in [2.05, 4.69) is 24.1 Å². The maximum atomic E-state index is 11.8. The molecular formula is C16H24N2O3. The van der Waals surface area contributed by atoms with E-state index in [0.717, 1.165) is 18.8 Å². The van der Waals surface area contributed by atoms with E-state index >= 15 is 0 Å². The molecule has 1 heterocycles. The molecule has 0 amide bonds. The van der Waals surface area contributed by atoms with Gasteiger partial charge in [-0.05, 0) is 38.8 Å². The van der Waals surface area contributed by atoms with Gasteiger partial charge in [0, 0.05) is 19.1 Å². The topological polar surface area (TPSA) is 61.8 Å². The number of carbonyl (C=O) groups is 1. The Balaban J connectivity index is 2.19. The molecule has 5 heteroatoms. The Morgan fingerprint density at radius 1 is 1.33 bits per heavy atom. The predicted molar refractivity (Wildman–Crippen MR) is 82.9 cm³/mol. The molecular weight excluding hydrogens is 268 g/mol. The summed E-state index contributed by atoms with van der Waals surface area (Å²) in [5.74, 6) is -0.124. The van der Waals surface area contributed by atoms with Crippen LogP contribution in [-0.4, -0.2) is 47.8 Å². The van der Waals surface area contributed by atoms with Gasteiger partial charge in [0.25, 0.3) is 0 Å². The molecule has 0 unspecified atom stereocenters. The molecule has 0 bridgehead atoms. The van der Waals surface area contributed by atoms with Crippen LogP contribution in [0.1, 0.15) is 26.7 Å². The van der Waals surface area contributed by atoms with E-state index in [4.69, 9.17) is 4.74 Å². The summed E-state index contributed by atoms with van der Waals surface area (Å²) >= 11 is 0. The van der Waals surface area contributed by atoms with Crippen LogP contribution in [-0.2, 0) is 4.79 Å². The van der Waals surface area contributed by atoms with Gasteiger partial charge >= 0.3 is 5.97 Å². The first-order valence-electron chi connectivity index (χ1n) is 7.37. The molecule has 1 aromatic rings. The first kappa shape index (κ1) is 15.6. The van der Waals surface area contributed by atoms with Gasteiger partial charge in [-0.2, -0.15) is 0 Å². The number of aliphatic carboxylic acids is 1. The van der Waals surface area contributed by atoms with Crippen LogP contribution in [0.4, 0.5) is 5.69 Å². The molecule has 2 rings (SSSR count). The van der Waals surface area contributed by atoms with Crippen LogP contribution in [0.2, 0.25) is 0 Å². The lowest BCUT2D eigenvalue weighted by Gasteiger charge is -2.41. The van der Waals surface area contributed by atoms with Crippen molar-refractivity contribution in [2.75, 3.05) is 25.5 Å². The zero-order chi connectivity index (χ0) is 15.5. The van der Waals surface area contributed by atoms with Crippen LogP contribution in [0.3, 0.4) is 0 Å². The Kier molecular flexibility index (Phi) is 4.73. The fraction of sp³-hybridized carbons (Fsp3) is 0.562. The summed E-state index contributed by atoms with van der Waals surface area (Å²) in [6.07, 6.45) is 1.16. The van der Waals surface area contributed by atoms with Crippen LogP contribution >= 0.6 is 0 Å². The Hall–Kier alpha value is -1.75. The molecule has 0 spiro atoms. The summed E-state index contributed by atoms with van der Waals surface area (Å²) in [5.41, 5.74) is -0.180. The first-order chi connectivity index (χ1) is 9.98. The number of carboxylic acids is 1. The van der Waals surface area contributed by atoms with Crippen LogP contribution in [0.25, 0.3) is 0 Å². The average molecular weight is 292 g/mol. The van der Waals surface area contributed by atoms with Gasteiger partial charge in [0.2, 0.25) is 0 Å². The monoisotopic (exact) mass is 292 g/mol. The summed E-state index contributed by atoms with van der Waals surface area (Å²) in [5, 5.41) is 12.9. The van der Waals surface area contributed by atoms with Crippen molar-refractivity contribution < 1.29 is 14.6 Å². The van der Waals surface area contributed by atoms with Gasteiger partial charge in [-0.25, -0.2) is 4.79 Å². The second kappa shape index (κ2) is 6.35. The molecule has 21 heavy (non-hydrogen) atoms. The van der Waals surface area contributed by atoms with E-state index in [1.165, 1.54) is 0 Å². The van der Waals surface area contributed by atoms with Gasteiger partial charge in [0.15, 0.2) is 0 Å². The number of hydrogen-bond donors (Lipinski definition) is 2. The van der Waals surface area contributed by atoms with E-state index in [-0.39, 0.29) is 0 Å². The van der Waals surface area contributed by atoms with Gasteiger partial charge < -0.3 is 20.1 Å². The minimum atomic E-state index is -0.917. The highest BCUT2D eigenvalue weighted by Gasteiger charge is 2.42. The number of ether oxygens (including phenoxy) is 1. The number of piperidine rings is 1. The van der Waals surface area contributed by atoms with Crippen LogP contribution in [0.15, 0.2) is 24.3 Å². The Bertz CT molecular complexity index is 494. The Morgan fingerprint density at radius 2 is 1.95 bits per heavy atom. The molecule has 5 nitrogen and oxygen atoms in total. The smallest absolute Gasteiger partial charge is 0.329 e. The van der Waals surface area contributed by atoms with E-state index < -0.39 is 11.5 Å². The third-order valence-corrected chi connectivity index (χ3v) is 4.27. The number of nitrogens with one attached hydrogen (secondary N) is 1. The van der Waals surface area contributed by atoms with E-state index in [0.29, 0.717) is 24.6 Å². The van der Waals surface area contributed by atoms with E-state index in [1.807, 2.05) is 24.3 Å². The fourth-order valence-electron chi connectivity index (χ4n) is 2.82. The third kappa shape index (κ3) is 3.29. The van der Waals surface area contributed by atoms with Crippen molar-refractivity contribution in [3.63, 3.8) is 0 Å². The zero-order valence-corrected chi connectivity index (χ0v) is 12.9. The molecule has 1 saturated heterocycles. The third-order valence-electron chi connectivity index (χ3n) is 4.27. The molecule has 1 aliphatic rings. The molecule has 1 aliphatic heterocycles. The molecule has 0 aromatic heterocycles. The Morgan fingerprint density at radius 3 is 2.48 bits per heavy atom. The van der Waals surface area contributed by atoms with Gasteiger partial charge in [-0.15, -0.1) is 0 Å². The van der Waals surface area contributed by atoms with E-state index in [9.17, 15) is 9.90 Å². The van der Waals surface area contributed by atoms with Crippen molar-refractivity contribution in [3.8, 4) is 5.75 Å². The lowest BCUT2D eigenvalue weighted by molar-refractivity contribution is -0.144. The normalized spacial score (nSPS) is 18.5. The number of hydrogen-bond acceptors (Lipinski definition) is 4. The number of rotatable bonds is 5. The molecule has 116 valence electrons. The number of carboxylic acid groups (broad SMARTS) is 1. The molecule has 2 N–H and O–H groups in total. The van der Waals surface area contributed by atoms with Crippen molar-refractivity contribution in [1.29, 1.82) is 0 Å². The number of nitrogens with zero attached hydrogens (tertiary/aromatic N) is 1. The maximum Gasteiger partial charge on any atom is 0.329 e. The van der Waals surface area contributed by atoms with Crippen LogP contribution < -0.4 is 10.1 Å². The second-order valence-electron chi connectivity index (χ2n) is 5.84. The highest BCUT2D eigenvalue weighted by Crippen LogP contribution is 2.32. The summed E-state index contributed by atoms with van der Waals surface area (Å²) in [6, 6.07) is 7.89. The van der Waals surface area contributed by atoms with Crippen molar-refractivity contribution in [2.24, 2.45) is 0 Å². The molecule has 0 aliphatic carbocycles. The maximum absolute atomic E-state index is 11.8. The lowest BCUT2D eigenvalue weighted by Crippen LogP contribution is -2.55. The standard InChI is InChI=1S/C16H24N2O3/c1-12(2)18-10-8-16(9-11-18,15(19)20)17-13-6-4-5-7-14(13)21-3/h4-7,12,17H,8-11H2,1-3H3,(H,19,20).